The number of nitrogens with zero attached hydrogens (tertiary/aromatic N) is 2. The van der Waals surface area contributed by atoms with Crippen LogP contribution in [0.2, 0.25) is 0 Å². The number of fused-ring (bicyclic) bond motifs is 1. The van der Waals surface area contributed by atoms with Crippen LogP contribution < -0.4 is 5.56 Å². The molecule has 152 valence electrons. The summed E-state index contributed by atoms with van der Waals surface area (Å²) >= 11 is 4.92. The van der Waals surface area contributed by atoms with Crippen LogP contribution in [0.25, 0.3) is 21.3 Å². The van der Waals surface area contributed by atoms with Crippen LogP contribution >= 0.6 is 27.3 Å². The predicted octanol–water partition coefficient (Wildman–Crippen LogP) is 4.98. The molecule has 0 atom stereocenters. The van der Waals surface area contributed by atoms with Crippen molar-refractivity contribution in [3.05, 3.63) is 86.2 Å². The van der Waals surface area contributed by atoms with Crippen LogP contribution in [-0.2, 0) is 22.5 Å². The molecule has 0 saturated carbocycles. The minimum atomic E-state index is -0.452. The predicted molar refractivity (Wildman–Crippen MR) is 123 cm³/mol. The van der Waals surface area contributed by atoms with Crippen molar-refractivity contribution in [2.24, 2.45) is 0 Å². The zero-order chi connectivity index (χ0) is 21.1. The lowest BCUT2D eigenvalue weighted by atomic mass is 10.0. The number of aromatic nitrogens is 2. The number of aryl methyl sites for hydroxylation is 1. The van der Waals surface area contributed by atoms with E-state index in [1.165, 1.54) is 22.2 Å². The highest BCUT2D eigenvalue weighted by atomic mass is 79.9. The van der Waals surface area contributed by atoms with E-state index in [4.69, 9.17) is 4.74 Å². The van der Waals surface area contributed by atoms with Gasteiger partial charge in [-0.05, 0) is 30.2 Å². The molecule has 0 amide bonds. The summed E-state index contributed by atoms with van der Waals surface area (Å²) in [4.78, 5) is 31.5. The second kappa shape index (κ2) is 8.93. The number of rotatable bonds is 6. The van der Waals surface area contributed by atoms with Crippen LogP contribution in [0.1, 0.15) is 10.4 Å². The van der Waals surface area contributed by atoms with Gasteiger partial charge in [0.15, 0.2) is 0 Å². The average molecular weight is 483 g/mol. The Morgan fingerprint density at radius 2 is 1.87 bits per heavy atom. The number of thiophene rings is 1. The maximum absolute atomic E-state index is 13.1. The number of carbonyl (C=O) groups is 1. The summed E-state index contributed by atoms with van der Waals surface area (Å²) in [5.74, 6) is -0.452. The normalized spacial score (nSPS) is 11.0. The fourth-order valence-electron chi connectivity index (χ4n) is 3.33. The van der Waals surface area contributed by atoms with E-state index < -0.39 is 5.97 Å². The largest absolute Gasteiger partial charge is 0.464 e. The summed E-state index contributed by atoms with van der Waals surface area (Å²) in [6.07, 6.45) is 2.06. The Morgan fingerprint density at radius 1 is 1.13 bits per heavy atom. The van der Waals surface area contributed by atoms with Gasteiger partial charge < -0.3 is 4.74 Å². The van der Waals surface area contributed by atoms with Gasteiger partial charge in [0.05, 0.1) is 18.3 Å². The van der Waals surface area contributed by atoms with E-state index in [9.17, 15) is 9.59 Å². The topological polar surface area (TPSA) is 61.2 Å². The number of carbonyl (C=O) groups excluding carboxylic acids is 1. The third kappa shape index (κ3) is 4.37. The van der Waals surface area contributed by atoms with E-state index in [0.717, 1.165) is 26.0 Å². The van der Waals surface area contributed by atoms with E-state index in [1.807, 2.05) is 61.5 Å². The number of hydrogen-bond donors (Lipinski definition) is 0. The van der Waals surface area contributed by atoms with Gasteiger partial charge in [-0.25, -0.2) is 4.98 Å². The molecular weight excluding hydrogens is 464 g/mol. The van der Waals surface area contributed by atoms with Crippen LogP contribution in [0.4, 0.5) is 0 Å². The fourth-order valence-corrected chi connectivity index (χ4v) is 4.59. The standard InChI is InChI=1S/C23H19BrN2O3S/c1-15-20(17-7-9-18(24)10-8-17)21-22(30-15)25-14-26(23(21)28)13-19(27)29-12-11-16-5-3-2-4-6-16/h2-10,14H,11-13H2,1H3. The summed E-state index contributed by atoms with van der Waals surface area (Å²) in [6.45, 7) is 2.09. The van der Waals surface area contributed by atoms with Crippen molar-refractivity contribution in [3.63, 3.8) is 0 Å². The summed E-state index contributed by atoms with van der Waals surface area (Å²) in [7, 11) is 0. The van der Waals surface area contributed by atoms with Gasteiger partial charge in [-0.2, -0.15) is 0 Å². The van der Waals surface area contributed by atoms with Crippen molar-refractivity contribution in [1.82, 2.24) is 9.55 Å². The molecule has 0 aliphatic rings. The highest BCUT2D eigenvalue weighted by molar-refractivity contribution is 9.10. The lowest BCUT2D eigenvalue weighted by molar-refractivity contribution is -0.144. The molecule has 30 heavy (non-hydrogen) atoms. The molecule has 2 aromatic heterocycles. The van der Waals surface area contributed by atoms with Crippen molar-refractivity contribution >= 4 is 43.5 Å². The third-order valence-corrected chi connectivity index (χ3v) is 6.33. The first-order valence-corrected chi connectivity index (χ1v) is 11.1. The van der Waals surface area contributed by atoms with Gasteiger partial charge in [0, 0.05) is 21.3 Å². The minimum Gasteiger partial charge on any atom is -0.464 e. The van der Waals surface area contributed by atoms with E-state index >= 15 is 0 Å². The molecule has 0 saturated heterocycles. The molecule has 0 radical (unpaired) electrons. The highest BCUT2D eigenvalue weighted by Crippen LogP contribution is 2.35. The van der Waals surface area contributed by atoms with E-state index in [0.29, 0.717) is 16.6 Å². The molecule has 5 nitrogen and oxygen atoms in total. The lowest BCUT2D eigenvalue weighted by Gasteiger charge is -2.08. The van der Waals surface area contributed by atoms with Crippen molar-refractivity contribution in [3.8, 4) is 11.1 Å². The van der Waals surface area contributed by atoms with Gasteiger partial charge in [0.2, 0.25) is 0 Å². The van der Waals surface area contributed by atoms with Gasteiger partial charge in [0.25, 0.3) is 5.56 Å². The van der Waals surface area contributed by atoms with E-state index in [2.05, 4.69) is 20.9 Å². The smallest absolute Gasteiger partial charge is 0.326 e. The van der Waals surface area contributed by atoms with Crippen LogP contribution in [-0.4, -0.2) is 22.1 Å². The molecule has 0 bridgehead atoms. The number of esters is 1. The molecule has 4 rings (SSSR count). The lowest BCUT2D eigenvalue weighted by Crippen LogP contribution is -2.26. The van der Waals surface area contributed by atoms with E-state index in [1.54, 1.807) is 0 Å². The highest BCUT2D eigenvalue weighted by Gasteiger charge is 2.18. The van der Waals surface area contributed by atoms with Crippen molar-refractivity contribution in [1.29, 1.82) is 0 Å². The Labute approximate surface area is 186 Å². The summed E-state index contributed by atoms with van der Waals surface area (Å²) < 4.78 is 7.61. The molecule has 0 spiro atoms. The molecular formula is C23H19BrN2O3S. The third-order valence-electron chi connectivity index (χ3n) is 4.78. The second-order valence-corrected chi connectivity index (χ2v) is 8.97. The molecule has 0 N–H and O–H groups in total. The molecule has 0 fully saturated rings. The van der Waals surface area contributed by atoms with Gasteiger partial charge in [-0.3, -0.25) is 14.2 Å². The Bertz CT molecular complexity index is 1250. The maximum Gasteiger partial charge on any atom is 0.326 e. The van der Waals surface area contributed by atoms with Crippen LogP contribution in [0, 0.1) is 6.92 Å². The second-order valence-electron chi connectivity index (χ2n) is 6.85. The minimum absolute atomic E-state index is 0.161. The number of halogens is 1. The van der Waals surface area contributed by atoms with Crippen LogP contribution in [0.15, 0.2) is 70.2 Å². The van der Waals surface area contributed by atoms with Gasteiger partial charge in [-0.15, -0.1) is 11.3 Å². The zero-order valence-electron chi connectivity index (χ0n) is 16.3. The molecule has 0 unspecified atom stereocenters. The average Bonchev–Trinajstić information content (AvgIpc) is 3.08. The first kappa shape index (κ1) is 20.5. The molecule has 0 aliphatic carbocycles. The van der Waals surface area contributed by atoms with Crippen molar-refractivity contribution in [2.75, 3.05) is 6.61 Å². The fraction of sp³-hybridized carbons (Fsp3) is 0.174. The molecule has 7 heteroatoms. The monoisotopic (exact) mass is 482 g/mol. The summed E-state index contributed by atoms with van der Waals surface area (Å²) in [6, 6.07) is 17.6. The van der Waals surface area contributed by atoms with Crippen molar-refractivity contribution in [2.45, 2.75) is 19.9 Å². The quantitative estimate of drug-likeness (QED) is 0.363. The SMILES string of the molecule is Cc1sc2ncn(CC(=O)OCCc3ccccc3)c(=O)c2c1-c1ccc(Br)cc1. The maximum atomic E-state index is 13.1. The number of benzene rings is 2. The van der Waals surface area contributed by atoms with Gasteiger partial charge >= 0.3 is 5.97 Å². The number of ether oxygens (including phenoxy) is 1. The number of hydrogen-bond acceptors (Lipinski definition) is 5. The Hall–Kier alpha value is -2.77. The Kier molecular flexibility index (Phi) is 6.11. The first-order valence-electron chi connectivity index (χ1n) is 9.47. The van der Waals surface area contributed by atoms with Crippen molar-refractivity contribution < 1.29 is 9.53 Å². The molecule has 2 heterocycles. The van der Waals surface area contributed by atoms with Crippen LogP contribution in [0.3, 0.4) is 0 Å². The Balaban J connectivity index is 1.55. The summed E-state index contributed by atoms with van der Waals surface area (Å²) in [5, 5.41) is 0.541. The van der Waals surface area contributed by atoms with E-state index in [-0.39, 0.29) is 18.7 Å². The Morgan fingerprint density at radius 3 is 2.60 bits per heavy atom. The van der Waals surface area contributed by atoms with Gasteiger partial charge in [-0.1, -0.05) is 58.4 Å². The van der Waals surface area contributed by atoms with Gasteiger partial charge in [0.1, 0.15) is 11.4 Å². The first-order chi connectivity index (χ1) is 14.5. The molecule has 2 aromatic carbocycles. The summed E-state index contributed by atoms with van der Waals surface area (Å²) in [5.41, 5.74) is 2.68. The molecule has 4 aromatic rings. The zero-order valence-corrected chi connectivity index (χ0v) is 18.7. The molecule has 0 aliphatic heterocycles. The van der Waals surface area contributed by atoms with Crippen LogP contribution in [0.5, 0.6) is 0 Å².